The topological polar surface area (TPSA) is 84.8 Å². The summed E-state index contributed by atoms with van der Waals surface area (Å²) < 4.78 is 17.9. The zero-order valence-corrected chi connectivity index (χ0v) is 27.0. The molecule has 1 amide bonds. The van der Waals surface area contributed by atoms with Gasteiger partial charge in [-0.1, -0.05) is 24.3 Å². The molecule has 1 fully saturated rings. The first-order chi connectivity index (χ1) is 20.4. The average Bonchev–Trinajstić information content (AvgIpc) is 3.46. The maximum absolute atomic E-state index is 12.6. The van der Waals surface area contributed by atoms with Gasteiger partial charge in [0.15, 0.2) is 0 Å². The number of carbonyl (C=O) groups excluding carboxylic acids is 1. The van der Waals surface area contributed by atoms with Crippen molar-refractivity contribution in [3.05, 3.63) is 58.0 Å². The Balaban J connectivity index is 1.23. The first kappa shape index (κ1) is 29.6. The number of anilines is 1. The normalized spacial score (nSPS) is 23.0. The van der Waals surface area contributed by atoms with E-state index in [1.54, 1.807) is 18.9 Å². The van der Waals surface area contributed by atoms with Gasteiger partial charge in [-0.05, 0) is 88.5 Å². The number of hydrogen-bond acceptors (Lipinski definition) is 8. The van der Waals surface area contributed by atoms with E-state index in [0.717, 1.165) is 42.0 Å². The smallest absolute Gasteiger partial charge is 0.410 e. The molecule has 0 radical (unpaired) electrons. The zero-order chi connectivity index (χ0) is 30.5. The number of amides is 1. The summed E-state index contributed by atoms with van der Waals surface area (Å²) in [7, 11) is 1.71. The van der Waals surface area contributed by atoms with Crippen LogP contribution < -0.4 is 14.8 Å². The van der Waals surface area contributed by atoms with Crippen molar-refractivity contribution in [2.24, 2.45) is 9.98 Å². The number of nitrogens with one attached hydrogen (secondary N) is 1. The molecule has 0 saturated carbocycles. The third-order valence-corrected chi connectivity index (χ3v) is 9.64. The summed E-state index contributed by atoms with van der Waals surface area (Å²) in [6, 6.07) is 12.4. The predicted molar refractivity (Wildman–Crippen MR) is 175 cm³/mol. The highest BCUT2D eigenvalue weighted by Gasteiger charge is 2.39. The van der Waals surface area contributed by atoms with Crippen LogP contribution in [0, 0.1) is 0 Å². The van der Waals surface area contributed by atoms with Crippen molar-refractivity contribution in [3.8, 4) is 11.5 Å². The molecule has 8 nitrogen and oxygen atoms in total. The zero-order valence-electron chi connectivity index (χ0n) is 26.2. The van der Waals surface area contributed by atoms with Gasteiger partial charge in [-0.3, -0.25) is 0 Å². The van der Waals surface area contributed by atoms with Crippen LogP contribution in [-0.2, 0) is 11.2 Å². The van der Waals surface area contributed by atoms with Gasteiger partial charge in [0.25, 0.3) is 0 Å². The summed E-state index contributed by atoms with van der Waals surface area (Å²) in [6.07, 6.45) is 4.41. The minimum Gasteiger partial charge on any atom is -0.496 e. The molecule has 6 rings (SSSR count). The Bertz CT molecular complexity index is 1510. The Morgan fingerprint density at radius 1 is 1.14 bits per heavy atom. The molecule has 1 N–H and O–H groups in total. The lowest BCUT2D eigenvalue weighted by atomic mass is 9.84. The summed E-state index contributed by atoms with van der Waals surface area (Å²) in [5.41, 5.74) is 4.90. The van der Waals surface area contributed by atoms with E-state index in [9.17, 15) is 4.79 Å². The Morgan fingerprint density at radius 2 is 1.88 bits per heavy atom. The summed E-state index contributed by atoms with van der Waals surface area (Å²) in [4.78, 5) is 25.5. The fraction of sp³-hybridized carbons (Fsp3) is 0.500. The number of nitrogens with zero attached hydrogens (tertiary/aromatic N) is 3. The fourth-order valence-electron chi connectivity index (χ4n) is 6.53. The number of methoxy groups -OCH3 is 1. The molecule has 4 aliphatic heterocycles. The number of fused-ring (bicyclic) bond motifs is 2. The van der Waals surface area contributed by atoms with Crippen molar-refractivity contribution >= 4 is 41.3 Å². The second kappa shape index (κ2) is 11.2. The number of thioether (sulfide) groups is 1. The van der Waals surface area contributed by atoms with E-state index in [-0.39, 0.29) is 23.0 Å². The molecule has 0 spiro atoms. The second-order valence-corrected chi connectivity index (χ2v) is 14.7. The number of carbonyl (C=O) groups is 1. The van der Waals surface area contributed by atoms with E-state index in [0.29, 0.717) is 25.0 Å². The summed E-state index contributed by atoms with van der Waals surface area (Å²) >= 11 is 1.80. The maximum Gasteiger partial charge on any atom is 0.410 e. The minimum atomic E-state index is -0.490. The Morgan fingerprint density at radius 3 is 2.60 bits per heavy atom. The largest absolute Gasteiger partial charge is 0.496 e. The highest BCUT2D eigenvalue weighted by Crippen LogP contribution is 2.48. The summed E-state index contributed by atoms with van der Waals surface area (Å²) in [6.45, 7) is 13.5. The standard InChI is InChI=1S/C34H42N4O4S/c1-20-28(23-10-8-9-11-26(23)40-7)29-27(43-20)19-35-31(37-29)36-25-13-12-22(24-18-34(5,6)41-30(24)25)21-14-16-38(17-15-21)32(39)42-33(2,3)4/h8-13,19,21,27,29H,14-18H2,1-7H3,(H,36,37). The van der Waals surface area contributed by atoms with Crippen molar-refractivity contribution in [2.45, 2.75) is 89.2 Å². The molecule has 0 aliphatic carbocycles. The van der Waals surface area contributed by atoms with E-state index in [1.165, 1.54) is 21.6 Å². The van der Waals surface area contributed by atoms with Gasteiger partial charge in [-0.2, -0.15) is 0 Å². The molecule has 0 aromatic heterocycles. The van der Waals surface area contributed by atoms with Crippen molar-refractivity contribution in [2.75, 3.05) is 25.5 Å². The predicted octanol–water partition coefficient (Wildman–Crippen LogP) is 7.29. The molecule has 9 heteroatoms. The lowest BCUT2D eigenvalue weighted by Crippen LogP contribution is -2.41. The quantitative estimate of drug-likeness (QED) is 0.396. The molecule has 2 unspecified atom stereocenters. The molecule has 2 atom stereocenters. The highest BCUT2D eigenvalue weighted by molar-refractivity contribution is 8.04. The number of aliphatic imine (C=N–C) groups is 2. The van der Waals surface area contributed by atoms with Gasteiger partial charge < -0.3 is 24.4 Å². The molecule has 4 heterocycles. The van der Waals surface area contributed by atoms with Gasteiger partial charge in [0.1, 0.15) is 22.7 Å². The number of guanidine groups is 1. The third kappa shape index (κ3) is 6.01. The minimum absolute atomic E-state index is 0.0545. The molecule has 2 aromatic rings. The number of allylic oxidation sites excluding steroid dienone is 1. The van der Waals surface area contributed by atoms with Crippen LogP contribution in [0.25, 0.3) is 5.57 Å². The van der Waals surface area contributed by atoms with Crippen LogP contribution in [0.5, 0.6) is 11.5 Å². The van der Waals surface area contributed by atoms with E-state index in [4.69, 9.17) is 24.2 Å². The molecular formula is C34H42N4O4S. The number of ether oxygens (including phenoxy) is 3. The lowest BCUT2D eigenvalue weighted by Gasteiger charge is -2.34. The number of hydrogen-bond donors (Lipinski definition) is 1. The van der Waals surface area contributed by atoms with E-state index in [2.05, 4.69) is 44.3 Å². The van der Waals surface area contributed by atoms with Crippen molar-refractivity contribution in [1.82, 2.24) is 4.90 Å². The second-order valence-electron chi connectivity index (χ2n) is 13.3. The van der Waals surface area contributed by atoms with Crippen LogP contribution in [0.1, 0.15) is 77.0 Å². The van der Waals surface area contributed by atoms with Crippen LogP contribution in [0.4, 0.5) is 10.5 Å². The van der Waals surface area contributed by atoms with Crippen LogP contribution in [-0.4, -0.2) is 65.9 Å². The number of benzene rings is 2. The average molecular weight is 603 g/mol. The van der Waals surface area contributed by atoms with Gasteiger partial charge in [0.05, 0.1) is 24.1 Å². The lowest BCUT2D eigenvalue weighted by molar-refractivity contribution is 0.0204. The third-order valence-electron chi connectivity index (χ3n) is 8.41. The Kier molecular flexibility index (Phi) is 7.73. The number of para-hydroxylation sites is 1. The first-order valence-electron chi connectivity index (χ1n) is 15.1. The van der Waals surface area contributed by atoms with Crippen molar-refractivity contribution < 1.29 is 19.0 Å². The summed E-state index contributed by atoms with van der Waals surface area (Å²) in [5, 5.41) is 3.67. The van der Waals surface area contributed by atoms with Gasteiger partial charge in [-0.15, -0.1) is 11.8 Å². The monoisotopic (exact) mass is 602 g/mol. The van der Waals surface area contributed by atoms with Crippen LogP contribution in [0.15, 0.2) is 51.3 Å². The van der Waals surface area contributed by atoms with Gasteiger partial charge >= 0.3 is 6.09 Å². The molecule has 4 aliphatic rings. The Hall–Kier alpha value is -3.46. The van der Waals surface area contributed by atoms with E-state index >= 15 is 0 Å². The molecule has 1 saturated heterocycles. The van der Waals surface area contributed by atoms with Gasteiger partial charge in [-0.25, -0.2) is 14.8 Å². The number of likely N-dealkylation sites (tertiary alicyclic amines) is 1. The SMILES string of the molecule is COc1ccccc1C1=C(C)SC2C=NC(Nc3ccc(C4CCN(C(=O)OC(C)(C)C)CC4)c4c3OC(C)(C)C4)=NC12. The molecule has 43 heavy (non-hydrogen) atoms. The van der Waals surface area contributed by atoms with Crippen LogP contribution >= 0.6 is 11.8 Å². The first-order valence-corrected chi connectivity index (χ1v) is 16.0. The van der Waals surface area contributed by atoms with Gasteiger partial charge in [0.2, 0.25) is 5.96 Å². The Labute approximate surface area is 259 Å². The molecular weight excluding hydrogens is 560 g/mol. The molecule has 2 aromatic carbocycles. The van der Waals surface area contributed by atoms with Crippen molar-refractivity contribution in [3.63, 3.8) is 0 Å². The van der Waals surface area contributed by atoms with E-state index < -0.39 is 5.60 Å². The van der Waals surface area contributed by atoms with Gasteiger partial charge in [0, 0.05) is 36.9 Å². The van der Waals surface area contributed by atoms with E-state index in [1.807, 2.05) is 50.1 Å². The maximum atomic E-state index is 12.6. The van der Waals surface area contributed by atoms with Crippen LogP contribution in [0.2, 0.25) is 0 Å². The molecule has 228 valence electrons. The summed E-state index contributed by atoms with van der Waals surface area (Å²) in [5.74, 6) is 2.68. The molecule has 0 bridgehead atoms. The fourth-order valence-corrected chi connectivity index (χ4v) is 7.74. The number of piperidine rings is 1. The van der Waals surface area contributed by atoms with Crippen LogP contribution in [0.3, 0.4) is 0 Å². The number of rotatable bonds is 4. The highest BCUT2D eigenvalue weighted by atomic mass is 32.2. The van der Waals surface area contributed by atoms with Crippen molar-refractivity contribution in [1.29, 1.82) is 0 Å².